The Labute approximate surface area is 172 Å². The average Bonchev–Trinajstić information content (AvgIpc) is 3.18. The number of ether oxygens (including phenoxy) is 2. The monoisotopic (exact) mass is 416 g/mol. The molecule has 2 atom stereocenters. The molecule has 29 heavy (non-hydrogen) atoms. The number of thioether (sulfide) groups is 1. The van der Waals surface area contributed by atoms with Crippen molar-refractivity contribution in [3.8, 4) is 11.5 Å². The van der Waals surface area contributed by atoms with Crippen molar-refractivity contribution in [1.82, 2.24) is 10.2 Å². The third-order valence-electron chi connectivity index (χ3n) is 4.97. The van der Waals surface area contributed by atoms with E-state index in [1.807, 2.05) is 18.2 Å². The van der Waals surface area contributed by atoms with E-state index in [-0.39, 0.29) is 24.4 Å². The van der Waals surface area contributed by atoms with E-state index in [1.165, 1.54) is 17.8 Å². The zero-order valence-corrected chi connectivity index (χ0v) is 16.7. The van der Waals surface area contributed by atoms with E-state index in [0.717, 1.165) is 5.56 Å². The summed E-state index contributed by atoms with van der Waals surface area (Å²) in [6.45, 7) is 0.595. The van der Waals surface area contributed by atoms with Gasteiger partial charge in [-0.1, -0.05) is 24.3 Å². The van der Waals surface area contributed by atoms with Crippen LogP contribution in [0.5, 0.6) is 11.5 Å². The molecule has 2 amide bonds. The number of hydrogen-bond acceptors (Lipinski definition) is 5. The number of fused-ring (bicyclic) bond motifs is 1. The van der Waals surface area contributed by atoms with Crippen molar-refractivity contribution in [2.75, 3.05) is 19.6 Å². The molecule has 0 bridgehead atoms. The summed E-state index contributed by atoms with van der Waals surface area (Å²) in [6.07, 6.45) is 0.303. The number of carbonyl (C=O) groups is 2. The predicted octanol–water partition coefficient (Wildman–Crippen LogP) is 2.36. The number of carbonyl (C=O) groups excluding carboxylic acids is 2. The predicted molar refractivity (Wildman–Crippen MR) is 107 cm³/mol. The Balaban J connectivity index is 1.34. The van der Waals surface area contributed by atoms with E-state index < -0.39 is 11.3 Å². The van der Waals surface area contributed by atoms with Gasteiger partial charge in [-0.15, -0.1) is 11.8 Å². The maximum Gasteiger partial charge on any atom is 0.246 e. The summed E-state index contributed by atoms with van der Waals surface area (Å²) in [5, 5.41) is 2.39. The molecule has 2 aliphatic heterocycles. The Hall–Kier alpha value is -2.74. The molecule has 1 fully saturated rings. The molecule has 0 aliphatic carbocycles. The second-order valence-corrected chi connectivity index (χ2v) is 8.30. The van der Waals surface area contributed by atoms with Crippen LogP contribution in [0.1, 0.15) is 11.1 Å². The molecule has 1 N–H and O–H groups in total. The van der Waals surface area contributed by atoms with Gasteiger partial charge in [-0.3, -0.25) is 9.59 Å². The zero-order valence-electron chi connectivity index (χ0n) is 15.9. The molecule has 152 valence electrons. The summed E-state index contributed by atoms with van der Waals surface area (Å²) in [5.41, 5.74) is 1.42. The van der Waals surface area contributed by atoms with Crippen LogP contribution in [-0.2, 0) is 22.6 Å². The molecule has 2 aromatic rings. The Morgan fingerprint density at radius 3 is 2.83 bits per heavy atom. The van der Waals surface area contributed by atoms with E-state index in [2.05, 4.69) is 5.32 Å². The van der Waals surface area contributed by atoms with Crippen molar-refractivity contribution in [2.24, 2.45) is 0 Å². The fourth-order valence-corrected chi connectivity index (χ4v) is 4.57. The standard InChI is InChI=1S/C21H21FN2O4S/c1-24(10-13-6-7-17-18(8-13)28-12-27-17)21(26)16-11-29-19(20(25)23-16)9-14-4-2-3-5-15(14)22/h2-8,16,19H,9-12H2,1H3,(H,23,25). The number of nitrogens with one attached hydrogen (secondary N) is 1. The van der Waals surface area contributed by atoms with E-state index >= 15 is 0 Å². The third-order valence-corrected chi connectivity index (χ3v) is 6.28. The molecule has 0 radical (unpaired) electrons. The first-order valence-electron chi connectivity index (χ1n) is 9.30. The topological polar surface area (TPSA) is 67.9 Å². The molecule has 0 aromatic heterocycles. The molecule has 2 aromatic carbocycles. The van der Waals surface area contributed by atoms with Gasteiger partial charge in [0.25, 0.3) is 0 Å². The highest BCUT2D eigenvalue weighted by Crippen LogP contribution is 2.33. The van der Waals surface area contributed by atoms with Crippen molar-refractivity contribution in [3.05, 3.63) is 59.4 Å². The molecule has 6 nitrogen and oxygen atoms in total. The van der Waals surface area contributed by atoms with Gasteiger partial charge in [0.15, 0.2) is 11.5 Å². The number of likely N-dealkylation sites (N-methyl/N-ethyl adjacent to an activating group) is 1. The van der Waals surface area contributed by atoms with E-state index in [4.69, 9.17) is 9.47 Å². The smallest absolute Gasteiger partial charge is 0.246 e. The number of rotatable bonds is 5. The first-order valence-corrected chi connectivity index (χ1v) is 10.3. The highest BCUT2D eigenvalue weighted by Gasteiger charge is 2.34. The van der Waals surface area contributed by atoms with Gasteiger partial charge >= 0.3 is 0 Å². The normalized spacial score (nSPS) is 20.3. The molecular weight excluding hydrogens is 395 g/mol. The van der Waals surface area contributed by atoms with Crippen molar-refractivity contribution < 1.29 is 23.5 Å². The van der Waals surface area contributed by atoms with Gasteiger partial charge < -0.3 is 19.7 Å². The van der Waals surface area contributed by atoms with Crippen LogP contribution in [0.2, 0.25) is 0 Å². The van der Waals surface area contributed by atoms with Crippen molar-refractivity contribution in [2.45, 2.75) is 24.3 Å². The van der Waals surface area contributed by atoms with Crippen LogP contribution in [0.4, 0.5) is 4.39 Å². The molecule has 8 heteroatoms. The van der Waals surface area contributed by atoms with E-state index in [9.17, 15) is 14.0 Å². The van der Waals surface area contributed by atoms with Gasteiger partial charge in [-0.2, -0.15) is 0 Å². The van der Waals surface area contributed by atoms with Crippen LogP contribution in [0.3, 0.4) is 0 Å². The number of amides is 2. The second kappa shape index (κ2) is 8.32. The minimum Gasteiger partial charge on any atom is -0.454 e. The van der Waals surface area contributed by atoms with Gasteiger partial charge in [-0.25, -0.2) is 4.39 Å². The largest absolute Gasteiger partial charge is 0.454 e. The van der Waals surface area contributed by atoms with Crippen LogP contribution in [0, 0.1) is 5.82 Å². The maximum atomic E-state index is 13.9. The fourth-order valence-electron chi connectivity index (χ4n) is 3.40. The Bertz CT molecular complexity index is 939. The quantitative estimate of drug-likeness (QED) is 0.811. The molecule has 0 spiro atoms. The summed E-state index contributed by atoms with van der Waals surface area (Å²) in [7, 11) is 1.70. The minimum atomic E-state index is -0.594. The van der Waals surface area contributed by atoms with Crippen molar-refractivity contribution in [3.63, 3.8) is 0 Å². The summed E-state index contributed by atoms with van der Waals surface area (Å²) in [5.74, 6) is 1.10. The van der Waals surface area contributed by atoms with Crippen LogP contribution >= 0.6 is 11.8 Å². The molecule has 2 heterocycles. The van der Waals surface area contributed by atoms with Crippen LogP contribution in [0.25, 0.3) is 0 Å². The molecular formula is C21H21FN2O4S. The number of halogens is 1. The van der Waals surface area contributed by atoms with Gasteiger partial charge in [0.2, 0.25) is 18.6 Å². The van der Waals surface area contributed by atoms with Crippen molar-refractivity contribution in [1.29, 1.82) is 0 Å². The molecule has 2 aliphatic rings. The highest BCUT2D eigenvalue weighted by molar-refractivity contribution is 8.00. The fraction of sp³-hybridized carbons (Fsp3) is 0.333. The lowest BCUT2D eigenvalue weighted by Gasteiger charge is -2.31. The maximum absolute atomic E-state index is 13.9. The summed E-state index contributed by atoms with van der Waals surface area (Å²) < 4.78 is 24.5. The molecule has 4 rings (SSSR count). The summed E-state index contributed by atoms with van der Waals surface area (Å²) in [6, 6.07) is 11.4. The zero-order chi connectivity index (χ0) is 20.4. The van der Waals surface area contributed by atoms with Gasteiger partial charge in [-0.05, 0) is 35.7 Å². The third kappa shape index (κ3) is 4.32. The average molecular weight is 416 g/mol. The Morgan fingerprint density at radius 2 is 2.03 bits per heavy atom. The molecule has 2 unspecified atom stereocenters. The number of hydrogen-bond donors (Lipinski definition) is 1. The Morgan fingerprint density at radius 1 is 1.24 bits per heavy atom. The molecule has 1 saturated heterocycles. The van der Waals surface area contributed by atoms with Gasteiger partial charge in [0, 0.05) is 19.3 Å². The first-order chi connectivity index (χ1) is 14.0. The minimum absolute atomic E-state index is 0.159. The highest BCUT2D eigenvalue weighted by atomic mass is 32.2. The lowest BCUT2D eigenvalue weighted by Crippen LogP contribution is -2.54. The molecule has 0 saturated carbocycles. The number of nitrogens with zero attached hydrogens (tertiary/aromatic N) is 1. The van der Waals surface area contributed by atoms with E-state index in [0.29, 0.717) is 35.8 Å². The van der Waals surface area contributed by atoms with Crippen LogP contribution in [-0.4, -0.2) is 47.6 Å². The number of benzene rings is 2. The van der Waals surface area contributed by atoms with Crippen LogP contribution in [0.15, 0.2) is 42.5 Å². The van der Waals surface area contributed by atoms with Crippen LogP contribution < -0.4 is 14.8 Å². The first kappa shape index (κ1) is 19.6. The van der Waals surface area contributed by atoms with Gasteiger partial charge in [0.1, 0.15) is 11.9 Å². The SMILES string of the molecule is CN(Cc1ccc2c(c1)OCO2)C(=O)C1CSC(Cc2ccccc2F)C(=O)N1. The van der Waals surface area contributed by atoms with Crippen molar-refractivity contribution >= 4 is 23.6 Å². The van der Waals surface area contributed by atoms with Gasteiger partial charge in [0.05, 0.1) is 5.25 Å². The second-order valence-electron chi connectivity index (χ2n) is 7.06. The Kier molecular flexibility index (Phi) is 5.62. The summed E-state index contributed by atoms with van der Waals surface area (Å²) in [4.78, 5) is 26.8. The lowest BCUT2D eigenvalue weighted by atomic mass is 10.1. The summed E-state index contributed by atoms with van der Waals surface area (Å²) >= 11 is 1.39. The van der Waals surface area contributed by atoms with E-state index in [1.54, 1.807) is 30.1 Å². The lowest BCUT2D eigenvalue weighted by molar-refractivity contribution is -0.135.